The van der Waals surface area contributed by atoms with E-state index in [1.54, 1.807) is 11.3 Å². The molecule has 0 saturated heterocycles. The van der Waals surface area contributed by atoms with E-state index in [1.165, 1.54) is 21.2 Å². The Morgan fingerprint density at radius 1 is 1.00 bits per heavy atom. The molecule has 2 heteroatoms. The summed E-state index contributed by atoms with van der Waals surface area (Å²) in [5, 5.41) is 3.44. The third kappa shape index (κ3) is 2.37. The van der Waals surface area contributed by atoms with Crippen LogP contribution in [-0.4, -0.2) is 0 Å². The molecular formula is C18H19NS. The van der Waals surface area contributed by atoms with Gasteiger partial charge in [-0.05, 0) is 40.8 Å². The Kier molecular flexibility index (Phi) is 3.60. The Hall–Kier alpha value is -1.64. The fourth-order valence-corrected chi connectivity index (χ4v) is 3.78. The molecule has 1 atom stereocenters. The van der Waals surface area contributed by atoms with Crippen LogP contribution in [0.25, 0.3) is 10.1 Å². The second-order valence-electron chi connectivity index (χ2n) is 5.32. The normalized spacial score (nSPS) is 14.3. The lowest BCUT2D eigenvalue weighted by molar-refractivity contribution is 0.429. The summed E-state index contributed by atoms with van der Waals surface area (Å²) in [5.74, 6) is 0. The molecule has 1 aromatic heterocycles. The summed E-state index contributed by atoms with van der Waals surface area (Å²) in [7, 11) is 0. The van der Waals surface area contributed by atoms with Crippen molar-refractivity contribution in [1.82, 2.24) is 0 Å². The van der Waals surface area contributed by atoms with Gasteiger partial charge in [-0.25, -0.2) is 0 Å². The number of nitrogens with two attached hydrogens (primary N) is 1. The summed E-state index contributed by atoms with van der Waals surface area (Å²) in [6.07, 6.45) is 1.81. The van der Waals surface area contributed by atoms with E-state index >= 15 is 0 Å². The smallest absolute Gasteiger partial charge is 0.0462 e. The molecule has 0 radical (unpaired) electrons. The van der Waals surface area contributed by atoms with Gasteiger partial charge in [0.15, 0.2) is 0 Å². The predicted molar refractivity (Wildman–Crippen MR) is 88.1 cm³/mol. The number of fused-ring (bicyclic) bond motifs is 1. The fraction of sp³-hybridized carbons (Fsp3) is 0.222. The molecule has 0 bridgehead atoms. The van der Waals surface area contributed by atoms with Crippen LogP contribution in [0.4, 0.5) is 0 Å². The van der Waals surface area contributed by atoms with E-state index in [0.29, 0.717) is 0 Å². The van der Waals surface area contributed by atoms with Crippen molar-refractivity contribution in [1.29, 1.82) is 0 Å². The zero-order valence-corrected chi connectivity index (χ0v) is 12.5. The van der Waals surface area contributed by atoms with Crippen molar-refractivity contribution in [2.45, 2.75) is 25.3 Å². The van der Waals surface area contributed by atoms with E-state index in [-0.39, 0.29) is 5.54 Å². The van der Waals surface area contributed by atoms with E-state index in [0.717, 1.165) is 12.8 Å². The van der Waals surface area contributed by atoms with Gasteiger partial charge in [0.2, 0.25) is 0 Å². The minimum atomic E-state index is -0.300. The maximum atomic E-state index is 6.78. The van der Waals surface area contributed by atoms with E-state index in [1.807, 2.05) is 6.07 Å². The largest absolute Gasteiger partial charge is 0.321 e. The number of hydrogen-bond acceptors (Lipinski definition) is 2. The predicted octanol–water partition coefficient (Wildman–Crippen LogP) is 4.71. The Balaban J connectivity index is 2.06. The SMILES string of the molecule is CCC(N)(Cc1ccccc1)c1cccc2ccsc12. The van der Waals surface area contributed by atoms with Crippen molar-refractivity contribution in [2.75, 3.05) is 0 Å². The van der Waals surface area contributed by atoms with Gasteiger partial charge in [-0.1, -0.05) is 55.5 Å². The van der Waals surface area contributed by atoms with Crippen LogP contribution in [0.3, 0.4) is 0 Å². The molecule has 0 aliphatic carbocycles. The van der Waals surface area contributed by atoms with E-state index in [2.05, 4.69) is 60.8 Å². The van der Waals surface area contributed by atoms with Crippen molar-refractivity contribution in [3.63, 3.8) is 0 Å². The Morgan fingerprint density at radius 3 is 2.55 bits per heavy atom. The van der Waals surface area contributed by atoms with Gasteiger partial charge in [0.25, 0.3) is 0 Å². The molecule has 3 aromatic rings. The maximum Gasteiger partial charge on any atom is 0.0462 e. The highest BCUT2D eigenvalue weighted by molar-refractivity contribution is 7.17. The van der Waals surface area contributed by atoms with Crippen molar-refractivity contribution in [3.8, 4) is 0 Å². The minimum absolute atomic E-state index is 0.300. The molecule has 0 saturated carbocycles. The molecule has 3 rings (SSSR count). The summed E-state index contributed by atoms with van der Waals surface area (Å²) in [6, 6.07) is 19.2. The van der Waals surface area contributed by atoms with Gasteiger partial charge in [-0.3, -0.25) is 0 Å². The van der Waals surface area contributed by atoms with Crippen LogP contribution in [0.15, 0.2) is 60.0 Å². The molecule has 2 N–H and O–H groups in total. The van der Waals surface area contributed by atoms with Crippen LogP contribution >= 0.6 is 11.3 Å². The number of thiophene rings is 1. The molecule has 0 spiro atoms. The first-order valence-electron chi connectivity index (χ1n) is 7.02. The van der Waals surface area contributed by atoms with E-state index in [9.17, 15) is 0 Å². The highest BCUT2D eigenvalue weighted by Gasteiger charge is 2.27. The van der Waals surface area contributed by atoms with Crippen LogP contribution in [0.5, 0.6) is 0 Å². The summed E-state index contributed by atoms with van der Waals surface area (Å²) in [6.45, 7) is 2.18. The van der Waals surface area contributed by atoms with Crippen molar-refractivity contribution in [2.24, 2.45) is 5.73 Å². The van der Waals surface area contributed by atoms with E-state index < -0.39 is 0 Å². The first-order valence-corrected chi connectivity index (χ1v) is 7.90. The second-order valence-corrected chi connectivity index (χ2v) is 6.23. The van der Waals surface area contributed by atoms with Gasteiger partial charge in [0, 0.05) is 10.2 Å². The second kappa shape index (κ2) is 5.39. The third-order valence-corrected chi connectivity index (χ3v) is 4.97. The quantitative estimate of drug-likeness (QED) is 0.736. The fourth-order valence-electron chi connectivity index (χ4n) is 2.76. The highest BCUT2D eigenvalue weighted by atomic mass is 32.1. The van der Waals surface area contributed by atoms with E-state index in [4.69, 9.17) is 5.73 Å². The van der Waals surface area contributed by atoms with Crippen molar-refractivity contribution >= 4 is 21.4 Å². The van der Waals surface area contributed by atoms with Crippen LogP contribution in [0.2, 0.25) is 0 Å². The highest BCUT2D eigenvalue weighted by Crippen LogP contribution is 2.35. The zero-order chi connectivity index (χ0) is 14.0. The molecule has 2 aromatic carbocycles. The van der Waals surface area contributed by atoms with Crippen molar-refractivity contribution < 1.29 is 0 Å². The molecule has 0 amide bonds. The third-order valence-electron chi connectivity index (χ3n) is 4.01. The Labute approximate surface area is 124 Å². The molecule has 0 aliphatic heterocycles. The first-order chi connectivity index (χ1) is 9.73. The molecule has 0 fully saturated rings. The van der Waals surface area contributed by atoms with Crippen LogP contribution < -0.4 is 5.73 Å². The first kappa shape index (κ1) is 13.3. The van der Waals surface area contributed by atoms with Gasteiger partial charge in [0.05, 0.1) is 0 Å². The average Bonchev–Trinajstić information content (AvgIpc) is 2.96. The average molecular weight is 281 g/mol. The molecule has 0 aliphatic rings. The standard InChI is InChI=1S/C18H19NS/c1-2-18(19,13-14-7-4-3-5-8-14)16-10-6-9-15-11-12-20-17(15)16/h3-12H,2,13,19H2,1H3. The lowest BCUT2D eigenvalue weighted by Crippen LogP contribution is -2.38. The topological polar surface area (TPSA) is 26.0 Å². The van der Waals surface area contributed by atoms with Crippen LogP contribution in [0, 0.1) is 0 Å². The summed E-state index contributed by atoms with van der Waals surface area (Å²) >= 11 is 1.79. The van der Waals surface area contributed by atoms with Gasteiger partial charge in [0.1, 0.15) is 0 Å². The summed E-state index contributed by atoms with van der Waals surface area (Å²) in [5.41, 5.74) is 9.05. The Bertz CT molecular complexity index is 702. The molecular weight excluding hydrogens is 262 g/mol. The van der Waals surface area contributed by atoms with Gasteiger partial charge in [-0.2, -0.15) is 0 Å². The molecule has 20 heavy (non-hydrogen) atoms. The van der Waals surface area contributed by atoms with Gasteiger partial charge >= 0.3 is 0 Å². The monoisotopic (exact) mass is 281 g/mol. The molecule has 1 nitrogen and oxygen atoms in total. The number of hydrogen-bond donors (Lipinski definition) is 1. The lowest BCUT2D eigenvalue weighted by atomic mass is 9.82. The lowest BCUT2D eigenvalue weighted by Gasteiger charge is -2.29. The summed E-state index contributed by atoms with van der Waals surface area (Å²) in [4.78, 5) is 0. The molecule has 1 unspecified atom stereocenters. The minimum Gasteiger partial charge on any atom is -0.321 e. The number of rotatable bonds is 4. The van der Waals surface area contributed by atoms with Gasteiger partial charge < -0.3 is 5.73 Å². The maximum absolute atomic E-state index is 6.78. The van der Waals surface area contributed by atoms with Crippen molar-refractivity contribution in [3.05, 3.63) is 71.1 Å². The zero-order valence-electron chi connectivity index (χ0n) is 11.7. The van der Waals surface area contributed by atoms with Gasteiger partial charge in [-0.15, -0.1) is 11.3 Å². The number of benzene rings is 2. The Morgan fingerprint density at radius 2 is 1.80 bits per heavy atom. The van der Waals surface area contributed by atoms with Crippen LogP contribution in [0.1, 0.15) is 24.5 Å². The summed E-state index contributed by atoms with van der Waals surface area (Å²) < 4.78 is 1.33. The molecule has 1 heterocycles. The van der Waals surface area contributed by atoms with Crippen LogP contribution in [-0.2, 0) is 12.0 Å². The molecule has 102 valence electrons.